The van der Waals surface area contributed by atoms with Crippen molar-refractivity contribution in [1.82, 2.24) is 0 Å². The van der Waals surface area contributed by atoms with Crippen molar-refractivity contribution in [2.45, 2.75) is 31.9 Å². The first-order valence-corrected chi connectivity index (χ1v) is 6.43. The molecule has 0 aliphatic heterocycles. The maximum absolute atomic E-state index is 9.05. The molecule has 13 heavy (non-hydrogen) atoms. The fourth-order valence-electron chi connectivity index (χ4n) is 0.749. The molecule has 0 amide bonds. The number of ether oxygens (including phenoxy) is 1. The molecule has 0 bridgehead atoms. The minimum atomic E-state index is -3.89. The fraction of sp³-hybridized carbons (Fsp3) is 1.00. The van der Waals surface area contributed by atoms with Gasteiger partial charge in [-0.3, -0.25) is 0 Å². The molecule has 0 rings (SSSR count). The van der Waals surface area contributed by atoms with Crippen LogP contribution in [0, 0.1) is 0 Å². The Balaban J connectivity index is 3.18. The standard InChI is InChI=1S/C7H18O5Si/c1-2-7(8)6-12-4-3-5-13(9,10)11/h7-11H,2-6H2,1H3. The first-order valence-electron chi connectivity index (χ1n) is 4.38. The molecule has 0 saturated heterocycles. The van der Waals surface area contributed by atoms with E-state index in [9.17, 15) is 0 Å². The maximum atomic E-state index is 9.05. The Morgan fingerprint density at radius 1 is 1.31 bits per heavy atom. The first-order chi connectivity index (χ1) is 5.95. The molecule has 0 saturated carbocycles. The van der Waals surface area contributed by atoms with Crippen molar-refractivity contribution in [3.63, 3.8) is 0 Å². The van der Waals surface area contributed by atoms with Crippen LogP contribution in [-0.2, 0) is 4.74 Å². The largest absolute Gasteiger partial charge is 0.492 e. The molecular weight excluding hydrogens is 192 g/mol. The smallest absolute Gasteiger partial charge is 0.391 e. The summed E-state index contributed by atoms with van der Waals surface area (Å²) >= 11 is 0. The molecule has 0 heterocycles. The van der Waals surface area contributed by atoms with Crippen LogP contribution in [0.4, 0.5) is 0 Å². The highest BCUT2D eigenvalue weighted by Crippen LogP contribution is 2.01. The van der Waals surface area contributed by atoms with Crippen molar-refractivity contribution in [3.05, 3.63) is 0 Å². The lowest BCUT2D eigenvalue weighted by atomic mass is 10.3. The van der Waals surface area contributed by atoms with Gasteiger partial charge in [-0.2, -0.15) is 0 Å². The van der Waals surface area contributed by atoms with E-state index in [0.717, 1.165) is 0 Å². The van der Waals surface area contributed by atoms with E-state index in [0.29, 0.717) is 19.4 Å². The summed E-state index contributed by atoms with van der Waals surface area (Å²) in [5, 5.41) is 9.05. The molecule has 0 fully saturated rings. The average molecular weight is 210 g/mol. The summed E-state index contributed by atoms with van der Waals surface area (Å²) in [5.41, 5.74) is 0. The third-order valence-electron chi connectivity index (χ3n) is 1.58. The first kappa shape index (κ1) is 13.0. The van der Waals surface area contributed by atoms with Gasteiger partial charge in [-0.05, 0) is 12.8 Å². The lowest BCUT2D eigenvalue weighted by Gasteiger charge is -2.10. The van der Waals surface area contributed by atoms with E-state index in [4.69, 9.17) is 24.2 Å². The van der Waals surface area contributed by atoms with Gasteiger partial charge in [0, 0.05) is 12.7 Å². The number of aliphatic hydroxyl groups is 1. The van der Waals surface area contributed by atoms with Gasteiger partial charge in [-0.1, -0.05) is 6.92 Å². The van der Waals surface area contributed by atoms with Gasteiger partial charge < -0.3 is 24.2 Å². The van der Waals surface area contributed by atoms with Crippen molar-refractivity contribution >= 4 is 8.80 Å². The van der Waals surface area contributed by atoms with E-state index in [1.54, 1.807) is 0 Å². The molecule has 0 aromatic rings. The third kappa shape index (κ3) is 9.93. The Bertz CT molecular complexity index is 125. The molecule has 1 atom stereocenters. The maximum Gasteiger partial charge on any atom is 0.492 e. The van der Waals surface area contributed by atoms with E-state index in [1.807, 2.05) is 6.92 Å². The van der Waals surface area contributed by atoms with E-state index in [-0.39, 0.29) is 12.7 Å². The SMILES string of the molecule is CCC(O)COCCC[Si](O)(O)O. The number of hydrogen-bond acceptors (Lipinski definition) is 5. The zero-order chi connectivity index (χ0) is 10.3. The Hall–Kier alpha value is 0.0169. The summed E-state index contributed by atoms with van der Waals surface area (Å²) in [6.45, 7) is 2.43. The summed E-state index contributed by atoms with van der Waals surface area (Å²) in [5.74, 6) is 0. The molecular formula is C7H18O5Si. The molecule has 4 N–H and O–H groups in total. The molecule has 0 radical (unpaired) electrons. The summed E-state index contributed by atoms with van der Waals surface area (Å²) in [7, 11) is -3.89. The fourth-order valence-corrected chi connectivity index (χ4v) is 1.37. The zero-order valence-electron chi connectivity index (χ0n) is 7.81. The van der Waals surface area contributed by atoms with Crippen molar-refractivity contribution in [3.8, 4) is 0 Å². The summed E-state index contributed by atoms with van der Waals surface area (Å²) < 4.78 is 5.02. The van der Waals surface area contributed by atoms with Crippen LogP contribution >= 0.6 is 0 Å². The second-order valence-corrected chi connectivity index (χ2v) is 5.06. The Morgan fingerprint density at radius 2 is 1.92 bits per heavy atom. The number of hydrogen-bond donors (Lipinski definition) is 4. The molecule has 80 valence electrons. The molecule has 1 unspecified atom stereocenters. The van der Waals surface area contributed by atoms with Gasteiger partial charge in [0.25, 0.3) is 0 Å². The van der Waals surface area contributed by atoms with Gasteiger partial charge >= 0.3 is 8.80 Å². The minimum absolute atomic E-state index is 0.0186. The Kier molecular flexibility index (Phi) is 6.48. The van der Waals surface area contributed by atoms with Crippen molar-refractivity contribution < 1.29 is 24.2 Å². The molecule has 5 nitrogen and oxygen atoms in total. The van der Waals surface area contributed by atoms with Gasteiger partial charge in [0.05, 0.1) is 12.7 Å². The topological polar surface area (TPSA) is 90.2 Å². The van der Waals surface area contributed by atoms with Crippen molar-refractivity contribution in [2.75, 3.05) is 13.2 Å². The molecule has 0 aliphatic rings. The monoisotopic (exact) mass is 210 g/mol. The van der Waals surface area contributed by atoms with Gasteiger partial charge in [-0.15, -0.1) is 0 Å². The normalized spacial score (nSPS) is 14.5. The Labute approximate surface area is 79.0 Å². The van der Waals surface area contributed by atoms with Crippen molar-refractivity contribution in [1.29, 1.82) is 0 Å². The van der Waals surface area contributed by atoms with E-state index in [1.165, 1.54) is 0 Å². The van der Waals surface area contributed by atoms with Crippen LogP contribution < -0.4 is 0 Å². The summed E-state index contributed by atoms with van der Waals surface area (Å²) in [6.07, 6.45) is 0.574. The van der Waals surface area contributed by atoms with Gasteiger partial charge in [0.15, 0.2) is 0 Å². The van der Waals surface area contributed by atoms with Crippen LogP contribution in [0.5, 0.6) is 0 Å². The highest BCUT2D eigenvalue weighted by atomic mass is 28.4. The van der Waals surface area contributed by atoms with Crippen molar-refractivity contribution in [2.24, 2.45) is 0 Å². The second-order valence-electron chi connectivity index (χ2n) is 3.01. The molecule has 6 heteroatoms. The zero-order valence-corrected chi connectivity index (χ0v) is 8.81. The highest BCUT2D eigenvalue weighted by molar-refractivity contribution is 6.56. The lowest BCUT2D eigenvalue weighted by Crippen LogP contribution is -2.34. The quantitative estimate of drug-likeness (QED) is 0.322. The Morgan fingerprint density at radius 3 is 2.38 bits per heavy atom. The molecule has 0 aliphatic carbocycles. The van der Waals surface area contributed by atoms with Gasteiger partial charge in [-0.25, -0.2) is 0 Å². The molecule has 0 aromatic carbocycles. The minimum Gasteiger partial charge on any atom is -0.391 e. The van der Waals surface area contributed by atoms with Gasteiger partial charge in [0.1, 0.15) is 0 Å². The predicted molar refractivity (Wildman–Crippen MR) is 49.0 cm³/mol. The summed E-state index contributed by atoms with van der Waals surface area (Å²) in [6, 6.07) is -0.0186. The van der Waals surface area contributed by atoms with Crippen LogP contribution in [-0.4, -0.2) is 47.6 Å². The second kappa shape index (κ2) is 6.47. The number of rotatable bonds is 7. The van der Waals surface area contributed by atoms with E-state index < -0.39 is 14.9 Å². The predicted octanol–water partition coefficient (Wildman–Crippen LogP) is -0.920. The summed E-state index contributed by atoms with van der Waals surface area (Å²) in [4.78, 5) is 25.9. The molecule has 0 spiro atoms. The third-order valence-corrected chi connectivity index (χ3v) is 2.61. The van der Waals surface area contributed by atoms with Crippen LogP contribution in [0.25, 0.3) is 0 Å². The van der Waals surface area contributed by atoms with Crippen LogP contribution in [0.1, 0.15) is 19.8 Å². The number of aliphatic hydroxyl groups excluding tert-OH is 1. The highest BCUT2D eigenvalue weighted by Gasteiger charge is 2.25. The van der Waals surface area contributed by atoms with E-state index >= 15 is 0 Å². The average Bonchev–Trinajstić information content (AvgIpc) is 2.01. The molecule has 0 aromatic heterocycles. The van der Waals surface area contributed by atoms with Crippen LogP contribution in [0.15, 0.2) is 0 Å². The van der Waals surface area contributed by atoms with Crippen LogP contribution in [0.2, 0.25) is 6.04 Å². The van der Waals surface area contributed by atoms with E-state index in [2.05, 4.69) is 0 Å². The lowest BCUT2D eigenvalue weighted by molar-refractivity contribution is 0.0343. The van der Waals surface area contributed by atoms with Gasteiger partial charge in [0.2, 0.25) is 0 Å². The van der Waals surface area contributed by atoms with Crippen LogP contribution in [0.3, 0.4) is 0 Å².